The molecule has 0 aromatic heterocycles. The minimum Gasteiger partial charge on any atom is -0.497 e. The van der Waals surface area contributed by atoms with E-state index in [1.165, 1.54) is 0 Å². The fourth-order valence-electron chi connectivity index (χ4n) is 1.43. The third-order valence-electron chi connectivity index (χ3n) is 2.26. The molecule has 0 aliphatic carbocycles. The molecule has 0 aliphatic heterocycles. The highest BCUT2D eigenvalue weighted by Crippen LogP contribution is 2.14. The maximum absolute atomic E-state index is 9.68. The molecule has 1 atom stereocenters. The van der Waals surface area contributed by atoms with Crippen LogP contribution in [0.2, 0.25) is 0 Å². The van der Waals surface area contributed by atoms with Crippen molar-refractivity contribution in [3.63, 3.8) is 0 Å². The maximum Gasteiger partial charge on any atom is 0.119 e. The normalized spacial score (nSPS) is 12.5. The van der Waals surface area contributed by atoms with Gasteiger partial charge in [-0.25, -0.2) is 0 Å². The first kappa shape index (κ1) is 12.0. The molecule has 0 heterocycles. The zero-order valence-corrected chi connectivity index (χ0v) is 9.27. The summed E-state index contributed by atoms with van der Waals surface area (Å²) in [5.74, 6) is 0.825. The van der Waals surface area contributed by atoms with Gasteiger partial charge >= 0.3 is 0 Å². The van der Waals surface area contributed by atoms with E-state index < -0.39 is 0 Å². The van der Waals surface area contributed by atoms with Crippen LogP contribution in [0.3, 0.4) is 0 Å². The minimum absolute atomic E-state index is 0.350. The van der Waals surface area contributed by atoms with Crippen LogP contribution in [0.15, 0.2) is 24.3 Å². The quantitative estimate of drug-likeness (QED) is 0.775. The Kier molecular flexibility index (Phi) is 5.15. The molecule has 1 aromatic rings. The van der Waals surface area contributed by atoms with Crippen molar-refractivity contribution in [2.24, 2.45) is 0 Å². The summed E-state index contributed by atoms with van der Waals surface area (Å²) in [6.45, 7) is 0.588. The van der Waals surface area contributed by atoms with Gasteiger partial charge in [0, 0.05) is 13.7 Å². The van der Waals surface area contributed by atoms with Crippen LogP contribution in [0.1, 0.15) is 12.0 Å². The molecule has 0 saturated carbocycles. The lowest BCUT2D eigenvalue weighted by molar-refractivity contribution is 0.110. The molecule has 0 saturated heterocycles. The average Bonchev–Trinajstić information content (AvgIpc) is 2.26. The van der Waals surface area contributed by atoms with Gasteiger partial charge in [0.1, 0.15) is 5.75 Å². The maximum atomic E-state index is 9.68. The molecular formula is C12H18O3. The summed E-state index contributed by atoms with van der Waals surface area (Å²) in [6.07, 6.45) is 0.950. The summed E-state index contributed by atoms with van der Waals surface area (Å²) in [6, 6.07) is 7.75. The number of aliphatic hydroxyl groups excluding tert-OH is 1. The molecule has 0 bridgehead atoms. The van der Waals surface area contributed by atoms with Crippen molar-refractivity contribution < 1.29 is 14.6 Å². The van der Waals surface area contributed by atoms with E-state index in [1.54, 1.807) is 14.2 Å². The number of hydrogen-bond donors (Lipinski definition) is 1. The van der Waals surface area contributed by atoms with Crippen LogP contribution in [0, 0.1) is 0 Å². The third-order valence-corrected chi connectivity index (χ3v) is 2.26. The van der Waals surface area contributed by atoms with E-state index in [4.69, 9.17) is 9.47 Å². The molecule has 1 rings (SSSR count). The molecule has 1 unspecified atom stereocenters. The average molecular weight is 210 g/mol. The van der Waals surface area contributed by atoms with Crippen LogP contribution in [0.25, 0.3) is 0 Å². The van der Waals surface area contributed by atoms with E-state index in [2.05, 4.69) is 0 Å². The van der Waals surface area contributed by atoms with Crippen molar-refractivity contribution in [2.45, 2.75) is 18.9 Å². The number of rotatable bonds is 6. The van der Waals surface area contributed by atoms with Gasteiger partial charge < -0.3 is 14.6 Å². The predicted octanol–water partition coefficient (Wildman–Crippen LogP) is 1.64. The Labute approximate surface area is 90.6 Å². The van der Waals surface area contributed by atoms with Gasteiger partial charge in [0.2, 0.25) is 0 Å². The Morgan fingerprint density at radius 3 is 2.80 bits per heavy atom. The molecule has 1 aromatic carbocycles. The van der Waals surface area contributed by atoms with Gasteiger partial charge in [0.25, 0.3) is 0 Å². The Morgan fingerprint density at radius 1 is 1.33 bits per heavy atom. The number of ether oxygens (including phenoxy) is 2. The fraction of sp³-hybridized carbons (Fsp3) is 0.500. The summed E-state index contributed by atoms with van der Waals surface area (Å²) < 4.78 is 10.0. The van der Waals surface area contributed by atoms with E-state index in [1.807, 2.05) is 24.3 Å². The molecule has 0 spiro atoms. The van der Waals surface area contributed by atoms with E-state index >= 15 is 0 Å². The second kappa shape index (κ2) is 6.43. The number of methoxy groups -OCH3 is 2. The van der Waals surface area contributed by atoms with Gasteiger partial charge in [-0.05, 0) is 30.5 Å². The van der Waals surface area contributed by atoms with Crippen LogP contribution >= 0.6 is 0 Å². The topological polar surface area (TPSA) is 38.7 Å². The van der Waals surface area contributed by atoms with Gasteiger partial charge in [0.05, 0.1) is 13.2 Å². The van der Waals surface area contributed by atoms with Gasteiger partial charge in [-0.2, -0.15) is 0 Å². The molecule has 15 heavy (non-hydrogen) atoms. The van der Waals surface area contributed by atoms with Crippen molar-refractivity contribution in [1.29, 1.82) is 0 Å². The first-order valence-corrected chi connectivity index (χ1v) is 5.06. The summed E-state index contributed by atoms with van der Waals surface area (Å²) in [7, 11) is 3.28. The first-order chi connectivity index (χ1) is 7.26. The number of hydrogen-bond acceptors (Lipinski definition) is 3. The lowest BCUT2D eigenvalue weighted by Gasteiger charge is -2.10. The largest absolute Gasteiger partial charge is 0.497 e. The second-order valence-corrected chi connectivity index (χ2v) is 3.49. The molecule has 3 heteroatoms. The highest BCUT2D eigenvalue weighted by Gasteiger charge is 2.05. The lowest BCUT2D eigenvalue weighted by atomic mass is 10.1. The molecule has 0 fully saturated rings. The summed E-state index contributed by atoms with van der Waals surface area (Å²) in [5.41, 5.74) is 1.08. The molecule has 84 valence electrons. The molecule has 0 aliphatic rings. The van der Waals surface area contributed by atoms with E-state index in [0.29, 0.717) is 19.4 Å². The van der Waals surface area contributed by atoms with Crippen LogP contribution in [0.5, 0.6) is 5.75 Å². The van der Waals surface area contributed by atoms with Gasteiger partial charge in [0.15, 0.2) is 0 Å². The number of benzene rings is 1. The first-order valence-electron chi connectivity index (χ1n) is 5.06. The highest BCUT2D eigenvalue weighted by molar-refractivity contribution is 5.28. The molecular weight excluding hydrogens is 192 g/mol. The third kappa shape index (κ3) is 4.32. The van der Waals surface area contributed by atoms with Crippen LogP contribution in [0.4, 0.5) is 0 Å². The van der Waals surface area contributed by atoms with Crippen molar-refractivity contribution in [1.82, 2.24) is 0 Å². The summed E-state index contributed by atoms with van der Waals surface area (Å²) in [4.78, 5) is 0. The van der Waals surface area contributed by atoms with E-state index in [0.717, 1.165) is 11.3 Å². The zero-order valence-electron chi connectivity index (χ0n) is 9.27. The van der Waals surface area contributed by atoms with Gasteiger partial charge in [-0.1, -0.05) is 12.1 Å². The van der Waals surface area contributed by atoms with Crippen LogP contribution in [-0.4, -0.2) is 32.0 Å². The van der Waals surface area contributed by atoms with E-state index in [-0.39, 0.29) is 6.10 Å². The Morgan fingerprint density at radius 2 is 2.13 bits per heavy atom. The molecule has 0 amide bonds. The standard InChI is InChI=1S/C12H18O3/c1-14-7-6-11(13)8-10-4-3-5-12(9-10)15-2/h3-5,9,11,13H,6-8H2,1-2H3. The van der Waals surface area contributed by atoms with Crippen molar-refractivity contribution >= 4 is 0 Å². The summed E-state index contributed by atoms with van der Waals surface area (Å²) >= 11 is 0. The SMILES string of the molecule is COCCC(O)Cc1cccc(OC)c1. The van der Waals surface area contributed by atoms with Gasteiger partial charge in [-0.15, -0.1) is 0 Å². The Hall–Kier alpha value is -1.06. The monoisotopic (exact) mass is 210 g/mol. The molecule has 0 radical (unpaired) electrons. The predicted molar refractivity (Wildman–Crippen MR) is 59.2 cm³/mol. The van der Waals surface area contributed by atoms with Crippen LogP contribution in [-0.2, 0) is 11.2 Å². The fourth-order valence-corrected chi connectivity index (χ4v) is 1.43. The zero-order chi connectivity index (χ0) is 11.1. The Bertz CT molecular complexity index is 286. The lowest BCUT2D eigenvalue weighted by Crippen LogP contribution is -2.13. The smallest absolute Gasteiger partial charge is 0.119 e. The molecule has 1 N–H and O–H groups in total. The Balaban J connectivity index is 2.48. The van der Waals surface area contributed by atoms with Crippen molar-refractivity contribution in [3.8, 4) is 5.75 Å². The van der Waals surface area contributed by atoms with Crippen LogP contribution < -0.4 is 4.74 Å². The van der Waals surface area contributed by atoms with Crippen molar-refractivity contribution in [2.75, 3.05) is 20.8 Å². The molecule has 3 nitrogen and oxygen atoms in total. The van der Waals surface area contributed by atoms with Crippen molar-refractivity contribution in [3.05, 3.63) is 29.8 Å². The minimum atomic E-state index is -0.350. The number of aliphatic hydroxyl groups is 1. The van der Waals surface area contributed by atoms with E-state index in [9.17, 15) is 5.11 Å². The van der Waals surface area contributed by atoms with Gasteiger partial charge in [-0.3, -0.25) is 0 Å². The summed E-state index contributed by atoms with van der Waals surface area (Å²) in [5, 5.41) is 9.68. The second-order valence-electron chi connectivity index (χ2n) is 3.49. The highest BCUT2D eigenvalue weighted by atomic mass is 16.5.